The highest BCUT2D eigenvalue weighted by atomic mass is 35.5. The third-order valence-corrected chi connectivity index (χ3v) is 5.22. The number of rotatable bonds is 5. The van der Waals surface area contributed by atoms with Crippen molar-refractivity contribution in [1.82, 2.24) is 20.4 Å². The molecule has 1 aliphatic rings. The molecule has 8 nitrogen and oxygen atoms in total. The lowest BCUT2D eigenvalue weighted by molar-refractivity contribution is -0.125. The quantitative estimate of drug-likeness (QED) is 0.479. The van der Waals surface area contributed by atoms with Gasteiger partial charge >= 0.3 is 6.03 Å². The maximum Gasteiger partial charge on any atom is 0.324 e. The maximum atomic E-state index is 12.6. The van der Waals surface area contributed by atoms with Gasteiger partial charge in [0.15, 0.2) is 6.29 Å². The van der Waals surface area contributed by atoms with E-state index in [0.717, 1.165) is 12.0 Å². The van der Waals surface area contributed by atoms with Gasteiger partial charge in [-0.2, -0.15) is 5.10 Å². The molecular weight excluding hydrogens is 416 g/mol. The predicted octanol–water partition coefficient (Wildman–Crippen LogP) is 4.19. The molecule has 0 saturated carbocycles. The normalized spacial score (nSPS) is 18.3. The van der Waals surface area contributed by atoms with E-state index in [1.807, 2.05) is 37.3 Å². The minimum atomic E-state index is -0.579. The summed E-state index contributed by atoms with van der Waals surface area (Å²) in [6.07, 6.45) is 0.622. The molecule has 2 heterocycles. The molecule has 1 aliphatic heterocycles. The first-order valence-corrected chi connectivity index (χ1v) is 10.4. The summed E-state index contributed by atoms with van der Waals surface area (Å²) in [5.74, 6) is 0.370. The van der Waals surface area contributed by atoms with Gasteiger partial charge in [0.25, 0.3) is 0 Å². The van der Waals surface area contributed by atoms with Crippen molar-refractivity contribution in [2.24, 2.45) is 0 Å². The zero-order chi connectivity index (χ0) is 21.8. The monoisotopic (exact) mass is 438 g/mol. The Bertz CT molecular complexity index is 1080. The molecule has 4 N–H and O–H groups in total. The number of hydrogen-bond donors (Lipinski definition) is 4. The van der Waals surface area contributed by atoms with Crippen LogP contribution in [-0.2, 0) is 4.79 Å². The summed E-state index contributed by atoms with van der Waals surface area (Å²) < 4.78 is 1.58. The lowest BCUT2D eigenvalue weighted by Crippen LogP contribution is -2.53. The van der Waals surface area contributed by atoms with Crippen molar-refractivity contribution in [3.63, 3.8) is 0 Å². The van der Waals surface area contributed by atoms with Crippen LogP contribution in [0.1, 0.15) is 26.1 Å². The number of urea groups is 1. The summed E-state index contributed by atoms with van der Waals surface area (Å²) in [4.78, 5) is 24.8. The average molecular weight is 439 g/mol. The molecule has 4 rings (SSSR count). The summed E-state index contributed by atoms with van der Waals surface area (Å²) in [6, 6.07) is 17.9. The lowest BCUT2D eigenvalue weighted by atomic mass is 10.1. The first-order valence-electron chi connectivity index (χ1n) is 10.1. The molecular formula is C22H23ClN6O2. The topological polar surface area (TPSA) is 100 Å². The molecule has 0 radical (unpaired) electrons. The second-order valence-electron chi connectivity index (χ2n) is 7.26. The summed E-state index contributed by atoms with van der Waals surface area (Å²) >= 11 is 5.99. The number of amides is 3. The highest BCUT2D eigenvalue weighted by molar-refractivity contribution is 6.30. The van der Waals surface area contributed by atoms with Crippen LogP contribution in [0.2, 0.25) is 5.02 Å². The molecule has 0 spiro atoms. The zero-order valence-corrected chi connectivity index (χ0v) is 17.7. The van der Waals surface area contributed by atoms with Gasteiger partial charge in [0.05, 0.1) is 5.69 Å². The molecule has 3 amide bonds. The molecule has 1 saturated heterocycles. The molecule has 3 aromatic rings. The van der Waals surface area contributed by atoms with Gasteiger partial charge in [-0.15, -0.1) is 0 Å². The van der Waals surface area contributed by atoms with Crippen LogP contribution >= 0.6 is 11.6 Å². The molecule has 2 unspecified atom stereocenters. The minimum Gasteiger partial charge on any atom is -0.322 e. The summed E-state index contributed by atoms with van der Waals surface area (Å²) in [7, 11) is 0. The van der Waals surface area contributed by atoms with E-state index in [4.69, 9.17) is 11.6 Å². The number of carbonyl (C=O) groups excluding carboxylic acids is 2. The van der Waals surface area contributed by atoms with E-state index < -0.39 is 12.3 Å². The first kappa shape index (κ1) is 20.9. The molecule has 2 atom stereocenters. The number of anilines is 2. The van der Waals surface area contributed by atoms with E-state index in [2.05, 4.69) is 26.4 Å². The smallest absolute Gasteiger partial charge is 0.322 e. The third kappa shape index (κ3) is 5.04. The van der Waals surface area contributed by atoms with Crippen molar-refractivity contribution in [2.75, 3.05) is 10.6 Å². The standard InChI is InChI=1S/C22H23ClN6O2/c1-2-16-12-20(30)27-21(24-16)29-19(13-18(28-29)14-7-4-3-5-8-14)26-22(31)25-17-10-6-9-15(23)11-17/h3-11,13,16,21,24H,2,12H2,1H3,(H,27,30)(H2,25,26,31). The average Bonchev–Trinajstić information content (AvgIpc) is 3.17. The Morgan fingerprint density at radius 3 is 2.71 bits per heavy atom. The van der Waals surface area contributed by atoms with Crippen molar-refractivity contribution < 1.29 is 9.59 Å². The van der Waals surface area contributed by atoms with Gasteiger partial charge in [0.2, 0.25) is 5.91 Å². The fourth-order valence-corrected chi connectivity index (χ4v) is 3.62. The van der Waals surface area contributed by atoms with E-state index >= 15 is 0 Å². The lowest BCUT2D eigenvalue weighted by Gasteiger charge is -2.31. The highest BCUT2D eigenvalue weighted by Gasteiger charge is 2.28. The molecule has 2 aromatic carbocycles. The molecule has 160 valence electrons. The second kappa shape index (κ2) is 9.20. The van der Waals surface area contributed by atoms with Gasteiger partial charge in [-0.1, -0.05) is 54.9 Å². The van der Waals surface area contributed by atoms with Crippen LogP contribution in [0.25, 0.3) is 11.3 Å². The number of halogens is 1. The fraction of sp³-hybridized carbons (Fsp3) is 0.227. The van der Waals surface area contributed by atoms with E-state index in [-0.39, 0.29) is 11.9 Å². The Balaban J connectivity index is 1.62. The third-order valence-electron chi connectivity index (χ3n) is 4.99. The number of nitrogens with one attached hydrogen (secondary N) is 4. The maximum absolute atomic E-state index is 12.6. The van der Waals surface area contributed by atoms with Crippen molar-refractivity contribution in [1.29, 1.82) is 0 Å². The fourth-order valence-electron chi connectivity index (χ4n) is 3.43. The van der Waals surface area contributed by atoms with Gasteiger partial charge in [0.1, 0.15) is 5.82 Å². The predicted molar refractivity (Wildman–Crippen MR) is 121 cm³/mol. The van der Waals surface area contributed by atoms with Gasteiger partial charge in [-0.05, 0) is 24.6 Å². The van der Waals surface area contributed by atoms with E-state index in [9.17, 15) is 9.59 Å². The summed E-state index contributed by atoms with van der Waals surface area (Å²) in [6.45, 7) is 2.02. The van der Waals surface area contributed by atoms with Gasteiger partial charge in [0, 0.05) is 34.8 Å². The SMILES string of the molecule is CCC1CC(=O)NC(n2nc(-c3ccccc3)cc2NC(=O)Nc2cccc(Cl)c2)N1. The highest BCUT2D eigenvalue weighted by Crippen LogP contribution is 2.25. The van der Waals surface area contributed by atoms with Crippen molar-refractivity contribution in [2.45, 2.75) is 32.1 Å². The van der Waals surface area contributed by atoms with Crippen molar-refractivity contribution in [3.8, 4) is 11.3 Å². The molecule has 0 bridgehead atoms. The van der Waals surface area contributed by atoms with Gasteiger partial charge in [-0.25, -0.2) is 9.48 Å². The number of aromatic nitrogens is 2. The van der Waals surface area contributed by atoms with Crippen molar-refractivity contribution in [3.05, 3.63) is 65.7 Å². The molecule has 1 fully saturated rings. The minimum absolute atomic E-state index is 0.0243. The Morgan fingerprint density at radius 2 is 1.97 bits per heavy atom. The Labute approximate surface area is 185 Å². The van der Waals surface area contributed by atoms with E-state index in [1.165, 1.54) is 0 Å². The Morgan fingerprint density at radius 1 is 1.16 bits per heavy atom. The number of hydrogen-bond acceptors (Lipinski definition) is 4. The second-order valence-corrected chi connectivity index (χ2v) is 7.70. The van der Waals surface area contributed by atoms with Crippen LogP contribution in [0, 0.1) is 0 Å². The summed E-state index contributed by atoms with van der Waals surface area (Å²) in [5, 5.41) is 17.0. The number of carbonyl (C=O) groups is 2. The number of benzene rings is 2. The van der Waals surface area contributed by atoms with Crippen LogP contribution in [0.4, 0.5) is 16.3 Å². The van der Waals surface area contributed by atoms with Crippen LogP contribution in [0.5, 0.6) is 0 Å². The van der Waals surface area contributed by atoms with Crippen LogP contribution < -0.4 is 21.3 Å². The Hall–Kier alpha value is -3.36. The zero-order valence-electron chi connectivity index (χ0n) is 16.9. The molecule has 31 heavy (non-hydrogen) atoms. The van der Waals surface area contributed by atoms with Gasteiger partial charge < -0.3 is 10.6 Å². The van der Waals surface area contributed by atoms with Crippen LogP contribution in [0.3, 0.4) is 0 Å². The van der Waals surface area contributed by atoms with E-state index in [0.29, 0.717) is 28.6 Å². The molecule has 0 aliphatic carbocycles. The molecule has 1 aromatic heterocycles. The van der Waals surface area contributed by atoms with Crippen LogP contribution in [-0.4, -0.2) is 27.8 Å². The van der Waals surface area contributed by atoms with Crippen LogP contribution in [0.15, 0.2) is 60.7 Å². The largest absolute Gasteiger partial charge is 0.324 e. The number of nitrogens with zero attached hydrogens (tertiary/aromatic N) is 2. The summed E-state index contributed by atoms with van der Waals surface area (Å²) in [5.41, 5.74) is 2.14. The van der Waals surface area contributed by atoms with E-state index in [1.54, 1.807) is 35.0 Å². The first-order chi connectivity index (χ1) is 15.0. The Kier molecular flexibility index (Phi) is 6.20. The molecule has 9 heteroatoms. The van der Waals surface area contributed by atoms with Gasteiger partial charge in [-0.3, -0.25) is 15.4 Å². The van der Waals surface area contributed by atoms with Crippen molar-refractivity contribution >= 4 is 35.0 Å².